The summed E-state index contributed by atoms with van der Waals surface area (Å²) in [6, 6.07) is 8.96. The van der Waals surface area contributed by atoms with Gasteiger partial charge in [0.15, 0.2) is 11.4 Å². The highest BCUT2D eigenvalue weighted by Gasteiger charge is 2.79. The summed E-state index contributed by atoms with van der Waals surface area (Å²) < 4.78 is 5.74. The Labute approximate surface area is 118 Å². The number of ketones is 1. The molecule has 20 heavy (non-hydrogen) atoms. The smallest absolute Gasteiger partial charge is 0.339 e. The van der Waals surface area contributed by atoms with Gasteiger partial charge in [0, 0.05) is 12.3 Å². The van der Waals surface area contributed by atoms with E-state index in [4.69, 9.17) is 4.74 Å². The third-order valence-electron chi connectivity index (χ3n) is 5.81. The summed E-state index contributed by atoms with van der Waals surface area (Å²) in [6.45, 7) is 1.57. The zero-order chi connectivity index (χ0) is 14.0. The number of ether oxygens (including phenoxy) is 1. The molecule has 0 saturated heterocycles. The van der Waals surface area contributed by atoms with Gasteiger partial charge in [-0.15, -0.1) is 0 Å². The molecule has 3 heteroatoms. The molecule has 1 aromatic carbocycles. The van der Waals surface area contributed by atoms with E-state index in [0.29, 0.717) is 11.0 Å². The van der Waals surface area contributed by atoms with Gasteiger partial charge in [0.25, 0.3) is 0 Å². The Morgan fingerprint density at radius 1 is 1.20 bits per heavy atom. The Morgan fingerprint density at radius 3 is 2.55 bits per heavy atom. The number of hydrogen-bond acceptors (Lipinski definition) is 3. The van der Waals surface area contributed by atoms with Crippen LogP contribution in [0.4, 0.5) is 0 Å². The Morgan fingerprint density at radius 2 is 1.95 bits per heavy atom. The molecule has 0 amide bonds. The first kappa shape index (κ1) is 12.1. The molecule has 0 aliphatic heterocycles. The van der Waals surface area contributed by atoms with E-state index in [1.807, 2.05) is 18.2 Å². The summed E-state index contributed by atoms with van der Waals surface area (Å²) in [6.07, 6.45) is 4.22. The second-order valence-corrected chi connectivity index (χ2v) is 6.64. The van der Waals surface area contributed by atoms with Crippen molar-refractivity contribution < 1.29 is 14.3 Å². The molecular formula is C17H18O3. The molecule has 4 unspecified atom stereocenters. The second-order valence-electron chi connectivity index (χ2n) is 6.64. The number of carbonyl (C=O) groups excluding carboxylic acids is 2. The average molecular weight is 270 g/mol. The number of carbonyl (C=O) groups is 2. The Balaban J connectivity index is 1.59. The quantitative estimate of drug-likeness (QED) is 0.793. The van der Waals surface area contributed by atoms with Crippen LogP contribution in [0.25, 0.3) is 0 Å². The largest absolute Gasteiger partial charge is 0.447 e. The summed E-state index contributed by atoms with van der Waals surface area (Å²) in [5, 5.41) is 0. The van der Waals surface area contributed by atoms with Crippen LogP contribution in [0, 0.1) is 17.3 Å². The molecule has 0 N–H and O–H groups in total. The number of Topliss-reactive ketones (excluding diaryl/α,β-unsaturated/α-hetero) is 1. The Hall–Kier alpha value is -1.64. The lowest BCUT2D eigenvalue weighted by Crippen LogP contribution is -2.61. The Bertz CT molecular complexity index is 592. The van der Waals surface area contributed by atoms with Crippen LogP contribution >= 0.6 is 0 Å². The van der Waals surface area contributed by atoms with Gasteiger partial charge < -0.3 is 4.74 Å². The minimum atomic E-state index is -0.835. The average Bonchev–Trinajstić information content (AvgIpc) is 3.07. The van der Waals surface area contributed by atoms with Crippen molar-refractivity contribution in [3.05, 3.63) is 35.9 Å². The van der Waals surface area contributed by atoms with Gasteiger partial charge in [0.2, 0.25) is 0 Å². The normalized spacial score (nSPS) is 40.2. The van der Waals surface area contributed by atoms with Gasteiger partial charge in [0.05, 0.1) is 5.56 Å². The summed E-state index contributed by atoms with van der Waals surface area (Å²) in [7, 11) is 0. The monoisotopic (exact) mass is 270 g/mol. The van der Waals surface area contributed by atoms with Crippen LogP contribution < -0.4 is 0 Å². The van der Waals surface area contributed by atoms with Crippen molar-refractivity contribution in [2.75, 3.05) is 0 Å². The van der Waals surface area contributed by atoms with E-state index >= 15 is 0 Å². The van der Waals surface area contributed by atoms with Crippen LogP contribution in [0.3, 0.4) is 0 Å². The van der Waals surface area contributed by atoms with E-state index in [9.17, 15) is 9.59 Å². The molecule has 4 atom stereocenters. The van der Waals surface area contributed by atoms with Crippen LogP contribution in [-0.4, -0.2) is 17.4 Å². The summed E-state index contributed by atoms with van der Waals surface area (Å²) in [4.78, 5) is 24.4. The molecule has 0 heterocycles. The molecule has 104 valence electrons. The molecule has 3 nitrogen and oxygen atoms in total. The third-order valence-corrected chi connectivity index (χ3v) is 5.81. The van der Waals surface area contributed by atoms with Crippen molar-refractivity contribution in [1.82, 2.24) is 0 Å². The van der Waals surface area contributed by atoms with Crippen LogP contribution in [-0.2, 0) is 9.53 Å². The maximum Gasteiger partial charge on any atom is 0.339 e. The molecule has 3 fully saturated rings. The third kappa shape index (κ3) is 1.36. The lowest BCUT2D eigenvalue weighted by Gasteiger charge is -2.52. The zero-order valence-corrected chi connectivity index (χ0v) is 11.6. The van der Waals surface area contributed by atoms with Crippen LogP contribution in [0.2, 0.25) is 0 Å². The highest BCUT2D eigenvalue weighted by atomic mass is 16.6. The van der Waals surface area contributed by atoms with Crippen molar-refractivity contribution >= 4 is 11.8 Å². The molecule has 1 aromatic rings. The van der Waals surface area contributed by atoms with E-state index in [0.717, 1.165) is 18.8 Å². The van der Waals surface area contributed by atoms with Gasteiger partial charge in [-0.2, -0.15) is 0 Å². The van der Waals surface area contributed by atoms with E-state index < -0.39 is 5.60 Å². The van der Waals surface area contributed by atoms with Crippen molar-refractivity contribution in [2.24, 2.45) is 17.3 Å². The summed E-state index contributed by atoms with van der Waals surface area (Å²) >= 11 is 0. The van der Waals surface area contributed by atoms with E-state index in [-0.39, 0.29) is 17.7 Å². The fraction of sp³-hybridized carbons (Fsp3) is 0.529. The minimum Gasteiger partial charge on any atom is -0.447 e. The van der Waals surface area contributed by atoms with Crippen molar-refractivity contribution in [2.45, 2.75) is 38.2 Å². The fourth-order valence-electron chi connectivity index (χ4n) is 4.74. The molecular weight excluding hydrogens is 252 g/mol. The second kappa shape index (κ2) is 3.72. The van der Waals surface area contributed by atoms with Crippen molar-refractivity contribution in [3.63, 3.8) is 0 Å². The minimum absolute atomic E-state index is 0.0185. The maximum atomic E-state index is 12.3. The molecule has 0 radical (unpaired) electrons. The van der Waals surface area contributed by atoms with Gasteiger partial charge in [0.1, 0.15) is 0 Å². The van der Waals surface area contributed by atoms with Gasteiger partial charge >= 0.3 is 5.97 Å². The standard InChI is InChI=1S/C17H18O3/c1-11(18)17(10-16-9-13(16)7-8-14(16)17)20-15(19)12-5-3-2-4-6-12/h2-6,13-14H,7-10H2,1H3. The summed E-state index contributed by atoms with van der Waals surface area (Å²) in [5.74, 6) is 0.713. The first-order chi connectivity index (χ1) is 9.58. The van der Waals surface area contributed by atoms with Gasteiger partial charge in [-0.25, -0.2) is 4.79 Å². The lowest BCUT2D eigenvalue weighted by molar-refractivity contribution is -0.174. The fourth-order valence-corrected chi connectivity index (χ4v) is 4.74. The van der Waals surface area contributed by atoms with E-state index in [2.05, 4.69) is 0 Å². The predicted molar refractivity (Wildman–Crippen MR) is 73.2 cm³/mol. The van der Waals surface area contributed by atoms with Crippen molar-refractivity contribution in [1.29, 1.82) is 0 Å². The van der Waals surface area contributed by atoms with Crippen LogP contribution in [0.15, 0.2) is 30.3 Å². The number of hydrogen-bond donors (Lipinski definition) is 0. The first-order valence-electron chi connectivity index (χ1n) is 7.38. The highest BCUT2D eigenvalue weighted by molar-refractivity contribution is 5.95. The maximum absolute atomic E-state index is 12.3. The molecule has 0 bridgehead atoms. The highest BCUT2D eigenvalue weighted by Crippen LogP contribution is 2.79. The predicted octanol–water partition coefficient (Wildman–Crippen LogP) is 2.99. The zero-order valence-electron chi connectivity index (χ0n) is 11.6. The topological polar surface area (TPSA) is 43.4 Å². The molecule has 4 rings (SSSR count). The van der Waals surface area contributed by atoms with E-state index in [1.165, 1.54) is 12.8 Å². The van der Waals surface area contributed by atoms with Crippen LogP contribution in [0.5, 0.6) is 0 Å². The first-order valence-corrected chi connectivity index (χ1v) is 7.38. The van der Waals surface area contributed by atoms with Gasteiger partial charge in [-0.3, -0.25) is 4.79 Å². The number of benzene rings is 1. The van der Waals surface area contributed by atoms with Gasteiger partial charge in [-0.1, -0.05) is 18.2 Å². The molecule has 3 aliphatic rings. The molecule has 3 aliphatic carbocycles. The van der Waals surface area contributed by atoms with E-state index in [1.54, 1.807) is 19.1 Å². The summed E-state index contributed by atoms with van der Waals surface area (Å²) in [5.41, 5.74) is 0.0419. The van der Waals surface area contributed by atoms with Crippen molar-refractivity contribution in [3.8, 4) is 0 Å². The van der Waals surface area contributed by atoms with Gasteiger partial charge in [-0.05, 0) is 49.7 Å². The SMILES string of the molecule is CC(=O)C1(OC(=O)c2ccccc2)CC23CC2CCC13. The van der Waals surface area contributed by atoms with Crippen LogP contribution in [0.1, 0.15) is 43.0 Å². The number of esters is 1. The lowest BCUT2D eigenvalue weighted by atomic mass is 9.57. The molecule has 0 aromatic heterocycles. The molecule has 3 saturated carbocycles. The molecule has 1 spiro atoms. The number of rotatable bonds is 3. The Kier molecular flexibility index (Phi) is 2.25.